The van der Waals surface area contributed by atoms with Gasteiger partial charge in [0.1, 0.15) is 16.7 Å². The Morgan fingerprint density at radius 1 is 1.19 bits per heavy atom. The summed E-state index contributed by atoms with van der Waals surface area (Å²) in [6.07, 6.45) is 0. The van der Waals surface area contributed by atoms with Crippen molar-refractivity contribution in [3.8, 4) is 0 Å². The smallest absolute Gasteiger partial charge is 0.349 e. The van der Waals surface area contributed by atoms with Crippen LogP contribution < -0.4 is 10.9 Å². The van der Waals surface area contributed by atoms with Crippen LogP contribution in [0.3, 0.4) is 0 Å². The number of nitrogens with one attached hydrogen (secondary N) is 1. The summed E-state index contributed by atoms with van der Waals surface area (Å²) in [5, 5.41) is 11.7. The molecule has 0 aliphatic carbocycles. The summed E-state index contributed by atoms with van der Waals surface area (Å²) in [4.78, 5) is 24.6. The van der Waals surface area contributed by atoms with Gasteiger partial charge in [-0.1, -0.05) is 35.5 Å². The Labute approximate surface area is 148 Å². The number of benzene rings is 2. The van der Waals surface area contributed by atoms with Crippen LogP contribution in [-0.2, 0) is 6.54 Å². The van der Waals surface area contributed by atoms with Crippen LogP contribution in [0.2, 0.25) is 0 Å². The maximum atomic E-state index is 12.5. The number of carbonyl (C=O) groups excluding carboxylic acids is 1. The molecule has 130 valence electrons. The van der Waals surface area contributed by atoms with Crippen molar-refractivity contribution < 1.29 is 9.21 Å². The molecule has 2 aromatic carbocycles. The molecule has 2 heterocycles. The zero-order valence-corrected chi connectivity index (χ0v) is 14.0. The zero-order valence-electron chi connectivity index (χ0n) is 14.0. The quantitative estimate of drug-likeness (QED) is 0.572. The lowest BCUT2D eigenvalue weighted by Crippen LogP contribution is -2.38. The van der Waals surface area contributed by atoms with Crippen molar-refractivity contribution in [2.45, 2.75) is 19.5 Å². The van der Waals surface area contributed by atoms with Crippen LogP contribution in [0.4, 0.5) is 0 Å². The van der Waals surface area contributed by atoms with Crippen molar-refractivity contribution in [1.82, 2.24) is 20.3 Å². The molecule has 7 heteroatoms. The standard InChI is InChI=1S/C19H16N4O3/c1-12(11-23-16-8-4-3-7-15(16)21-22-23)20-18(24)14-10-13-6-2-5-9-17(13)26-19(14)25/h2-10,12H,11H2,1H3,(H,20,24)/t12-/m1/s1. The molecule has 0 aliphatic heterocycles. The molecular weight excluding hydrogens is 332 g/mol. The number of amides is 1. The first kappa shape index (κ1) is 16.0. The average Bonchev–Trinajstić information content (AvgIpc) is 3.04. The van der Waals surface area contributed by atoms with Crippen molar-refractivity contribution in [2.75, 3.05) is 0 Å². The van der Waals surface area contributed by atoms with Gasteiger partial charge in [0.25, 0.3) is 5.91 Å². The number of nitrogens with zero attached hydrogens (tertiary/aromatic N) is 3. The number of hydrogen-bond donors (Lipinski definition) is 1. The number of hydrogen-bond acceptors (Lipinski definition) is 5. The Morgan fingerprint density at radius 2 is 1.96 bits per heavy atom. The van der Waals surface area contributed by atoms with Gasteiger partial charge >= 0.3 is 5.63 Å². The predicted molar refractivity (Wildman–Crippen MR) is 96.9 cm³/mol. The fourth-order valence-corrected chi connectivity index (χ4v) is 2.88. The lowest BCUT2D eigenvalue weighted by Gasteiger charge is -2.14. The monoisotopic (exact) mass is 348 g/mol. The SMILES string of the molecule is C[C@H](Cn1nnc2ccccc21)NC(=O)c1cc2ccccc2oc1=O. The van der Waals surface area contributed by atoms with Gasteiger partial charge in [-0.25, -0.2) is 9.48 Å². The van der Waals surface area contributed by atoms with Crippen molar-refractivity contribution in [3.05, 3.63) is 70.6 Å². The highest BCUT2D eigenvalue weighted by molar-refractivity contribution is 5.96. The summed E-state index contributed by atoms with van der Waals surface area (Å²) in [5.74, 6) is -0.471. The third-order valence-electron chi connectivity index (χ3n) is 4.13. The van der Waals surface area contributed by atoms with E-state index in [-0.39, 0.29) is 11.6 Å². The summed E-state index contributed by atoms with van der Waals surface area (Å²) in [7, 11) is 0. The Morgan fingerprint density at radius 3 is 2.85 bits per heavy atom. The van der Waals surface area contributed by atoms with Crippen LogP contribution in [0.5, 0.6) is 0 Å². The van der Waals surface area contributed by atoms with Gasteiger partial charge in [-0.15, -0.1) is 5.10 Å². The van der Waals surface area contributed by atoms with Gasteiger partial charge in [-0.2, -0.15) is 0 Å². The van der Waals surface area contributed by atoms with Gasteiger partial charge in [0.05, 0.1) is 12.1 Å². The maximum Gasteiger partial charge on any atom is 0.349 e. The molecule has 0 spiro atoms. The van der Waals surface area contributed by atoms with Crippen molar-refractivity contribution in [3.63, 3.8) is 0 Å². The molecule has 1 atom stereocenters. The minimum Gasteiger partial charge on any atom is -0.422 e. The summed E-state index contributed by atoms with van der Waals surface area (Å²) in [6, 6.07) is 16.0. The lowest BCUT2D eigenvalue weighted by atomic mass is 10.1. The van der Waals surface area contributed by atoms with Gasteiger partial charge < -0.3 is 9.73 Å². The third-order valence-corrected chi connectivity index (χ3v) is 4.13. The van der Waals surface area contributed by atoms with E-state index in [9.17, 15) is 9.59 Å². The first-order valence-corrected chi connectivity index (χ1v) is 8.24. The Hall–Kier alpha value is -3.48. The number of aromatic nitrogens is 3. The summed E-state index contributed by atoms with van der Waals surface area (Å²) in [6.45, 7) is 2.28. The second-order valence-corrected chi connectivity index (χ2v) is 6.12. The van der Waals surface area contributed by atoms with E-state index in [0.29, 0.717) is 17.5 Å². The molecule has 0 fully saturated rings. The Balaban J connectivity index is 1.54. The molecule has 2 aromatic heterocycles. The number of para-hydroxylation sites is 2. The average molecular weight is 348 g/mol. The fraction of sp³-hybridized carbons (Fsp3) is 0.158. The van der Waals surface area contributed by atoms with Gasteiger partial charge in [-0.05, 0) is 31.2 Å². The van der Waals surface area contributed by atoms with Crippen LogP contribution in [0.1, 0.15) is 17.3 Å². The first-order chi connectivity index (χ1) is 12.6. The number of fused-ring (bicyclic) bond motifs is 2. The summed E-state index contributed by atoms with van der Waals surface area (Å²) >= 11 is 0. The normalized spacial score (nSPS) is 12.3. The van der Waals surface area contributed by atoms with Crippen molar-refractivity contribution >= 4 is 27.9 Å². The number of carbonyl (C=O) groups is 1. The molecule has 4 aromatic rings. The highest BCUT2D eigenvalue weighted by Gasteiger charge is 2.17. The lowest BCUT2D eigenvalue weighted by molar-refractivity contribution is 0.0932. The Bertz CT molecular complexity index is 1160. The first-order valence-electron chi connectivity index (χ1n) is 8.24. The zero-order chi connectivity index (χ0) is 18.1. The summed E-state index contributed by atoms with van der Waals surface area (Å²) in [5.41, 5.74) is 1.47. The van der Waals surface area contributed by atoms with Crippen LogP contribution in [0.15, 0.2) is 63.8 Å². The molecule has 1 N–H and O–H groups in total. The van der Waals surface area contributed by atoms with E-state index >= 15 is 0 Å². The van der Waals surface area contributed by atoms with Crippen molar-refractivity contribution in [1.29, 1.82) is 0 Å². The van der Waals surface area contributed by atoms with Crippen LogP contribution in [0, 0.1) is 0 Å². The highest BCUT2D eigenvalue weighted by Crippen LogP contribution is 2.13. The maximum absolute atomic E-state index is 12.5. The molecule has 7 nitrogen and oxygen atoms in total. The van der Waals surface area contributed by atoms with E-state index in [2.05, 4.69) is 15.6 Å². The van der Waals surface area contributed by atoms with E-state index in [1.54, 1.807) is 28.9 Å². The van der Waals surface area contributed by atoms with Gasteiger partial charge in [0.15, 0.2) is 0 Å². The highest BCUT2D eigenvalue weighted by atomic mass is 16.4. The van der Waals surface area contributed by atoms with Gasteiger partial charge in [-0.3, -0.25) is 4.79 Å². The molecule has 0 saturated heterocycles. The topological polar surface area (TPSA) is 90.0 Å². The molecule has 0 saturated carbocycles. The van der Waals surface area contributed by atoms with E-state index in [4.69, 9.17) is 4.42 Å². The van der Waals surface area contributed by atoms with Crippen LogP contribution in [-0.4, -0.2) is 26.9 Å². The van der Waals surface area contributed by atoms with E-state index in [0.717, 1.165) is 11.0 Å². The summed E-state index contributed by atoms with van der Waals surface area (Å²) < 4.78 is 6.94. The molecule has 0 unspecified atom stereocenters. The van der Waals surface area contributed by atoms with E-state index in [1.807, 2.05) is 37.3 Å². The minimum atomic E-state index is -0.653. The molecule has 26 heavy (non-hydrogen) atoms. The molecule has 0 aliphatic rings. The van der Waals surface area contributed by atoms with Gasteiger partial charge in [0.2, 0.25) is 0 Å². The number of rotatable bonds is 4. The largest absolute Gasteiger partial charge is 0.422 e. The molecule has 0 radical (unpaired) electrons. The molecule has 4 rings (SSSR count). The van der Waals surface area contributed by atoms with Crippen LogP contribution >= 0.6 is 0 Å². The predicted octanol–water partition coefficient (Wildman–Crippen LogP) is 2.36. The van der Waals surface area contributed by atoms with Crippen molar-refractivity contribution in [2.24, 2.45) is 0 Å². The van der Waals surface area contributed by atoms with E-state index < -0.39 is 11.5 Å². The third kappa shape index (κ3) is 2.95. The van der Waals surface area contributed by atoms with Crippen LogP contribution in [0.25, 0.3) is 22.0 Å². The van der Waals surface area contributed by atoms with E-state index in [1.165, 1.54) is 0 Å². The molecule has 1 amide bonds. The fourth-order valence-electron chi connectivity index (χ4n) is 2.88. The molecular formula is C19H16N4O3. The second-order valence-electron chi connectivity index (χ2n) is 6.12. The minimum absolute atomic E-state index is 0.0148. The Kier molecular flexibility index (Phi) is 3.96. The second kappa shape index (κ2) is 6.44. The van der Waals surface area contributed by atoms with Gasteiger partial charge in [0, 0.05) is 11.4 Å². The molecule has 0 bridgehead atoms.